The van der Waals surface area contributed by atoms with Crippen molar-refractivity contribution in [3.05, 3.63) is 52.8 Å². The summed E-state index contributed by atoms with van der Waals surface area (Å²) in [5, 5.41) is 8.94. The summed E-state index contributed by atoms with van der Waals surface area (Å²) in [5.74, 6) is 0. The van der Waals surface area contributed by atoms with Gasteiger partial charge >= 0.3 is 0 Å². The zero-order valence-corrected chi connectivity index (χ0v) is 10.8. The van der Waals surface area contributed by atoms with Gasteiger partial charge in [-0.25, -0.2) is 0 Å². The fourth-order valence-corrected chi connectivity index (χ4v) is 2.53. The molecular formula is C12H10BrNOS. The Morgan fingerprint density at radius 1 is 1.19 bits per heavy atom. The molecule has 1 aromatic heterocycles. The summed E-state index contributed by atoms with van der Waals surface area (Å²) in [7, 11) is 0. The lowest BCUT2D eigenvalue weighted by molar-refractivity contribution is 0.282. The van der Waals surface area contributed by atoms with Crippen LogP contribution in [-0.4, -0.2) is 10.1 Å². The SMILES string of the molecule is OCc1ccc(Sc2ccncc2Br)cc1. The molecule has 2 aromatic rings. The molecule has 0 unspecified atom stereocenters. The Balaban J connectivity index is 2.18. The molecule has 4 heteroatoms. The van der Waals surface area contributed by atoms with E-state index in [1.165, 1.54) is 0 Å². The second kappa shape index (κ2) is 5.48. The molecule has 1 N–H and O–H groups in total. The minimum Gasteiger partial charge on any atom is -0.392 e. The van der Waals surface area contributed by atoms with Gasteiger partial charge in [-0.3, -0.25) is 4.98 Å². The quantitative estimate of drug-likeness (QED) is 0.941. The molecule has 1 aromatic carbocycles. The predicted molar refractivity (Wildman–Crippen MR) is 68.4 cm³/mol. The van der Waals surface area contributed by atoms with E-state index in [0.29, 0.717) is 0 Å². The standard InChI is InChI=1S/C12H10BrNOS/c13-11-7-14-6-5-12(11)16-10-3-1-9(8-15)2-4-10/h1-7,15H,8H2. The number of rotatable bonds is 3. The smallest absolute Gasteiger partial charge is 0.0681 e. The summed E-state index contributed by atoms with van der Waals surface area (Å²) < 4.78 is 0.992. The number of hydrogen-bond donors (Lipinski definition) is 1. The maximum Gasteiger partial charge on any atom is 0.0681 e. The van der Waals surface area contributed by atoms with Gasteiger partial charge in [0.1, 0.15) is 0 Å². The molecule has 82 valence electrons. The zero-order valence-electron chi connectivity index (χ0n) is 8.43. The Morgan fingerprint density at radius 2 is 1.94 bits per heavy atom. The lowest BCUT2D eigenvalue weighted by Gasteiger charge is -2.04. The number of aliphatic hydroxyl groups is 1. The van der Waals surface area contributed by atoms with E-state index in [-0.39, 0.29) is 6.61 Å². The molecule has 0 atom stereocenters. The van der Waals surface area contributed by atoms with Crippen LogP contribution >= 0.6 is 27.7 Å². The van der Waals surface area contributed by atoms with Gasteiger partial charge in [0.25, 0.3) is 0 Å². The van der Waals surface area contributed by atoms with Gasteiger partial charge in [-0.2, -0.15) is 0 Å². The van der Waals surface area contributed by atoms with Crippen molar-refractivity contribution < 1.29 is 5.11 Å². The summed E-state index contributed by atoms with van der Waals surface area (Å²) in [4.78, 5) is 6.29. The average molecular weight is 296 g/mol. The average Bonchev–Trinajstić information content (AvgIpc) is 2.33. The van der Waals surface area contributed by atoms with Crippen LogP contribution in [0.15, 0.2) is 57.0 Å². The van der Waals surface area contributed by atoms with Crippen LogP contribution < -0.4 is 0 Å². The van der Waals surface area contributed by atoms with Gasteiger partial charge in [0, 0.05) is 26.7 Å². The Bertz CT molecular complexity index is 473. The van der Waals surface area contributed by atoms with E-state index in [2.05, 4.69) is 20.9 Å². The molecular weight excluding hydrogens is 286 g/mol. The molecule has 0 aliphatic rings. The maximum atomic E-state index is 8.94. The van der Waals surface area contributed by atoms with Crippen molar-refractivity contribution in [3.8, 4) is 0 Å². The van der Waals surface area contributed by atoms with Crippen LogP contribution in [0.25, 0.3) is 0 Å². The fraction of sp³-hybridized carbons (Fsp3) is 0.0833. The highest BCUT2D eigenvalue weighted by Gasteiger charge is 2.01. The molecule has 0 saturated carbocycles. The van der Waals surface area contributed by atoms with Crippen molar-refractivity contribution in [2.24, 2.45) is 0 Å². The van der Waals surface area contributed by atoms with Crippen LogP contribution in [0.2, 0.25) is 0 Å². The number of aliphatic hydroxyl groups excluding tert-OH is 1. The summed E-state index contributed by atoms with van der Waals surface area (Å²) in [6, 6.07) is 9.83. The minimum absolute atomic E-state index is 0.0872. The monoisotopic (exact) mass is 295 g/mol. The third-order valence-electron chi connectivity index (χ3n) is 2.07. The highest BCUT2D eigenvalue weighted by Crippen LogP contribution is 2.32. The van der Waals surface area contributed by atoms with Crippen LogP contribution in [0.1, 0.15) is 5.56 Å². The first-order chi connectivity index (χ1) is 7.79. The van der Waals surface area contributed by atoms with Crippen molar-refractivity contribution in [2.75, 3.05) is 0 Å². The molecule has 0 fully saturated rings. The molecule has 0 spiro atoms. The van der Waals surface area contributed by atoms with E-state index in [0.717, 1.165) is 19.8 Å². The van der Waals surface area contributed by atoms with Crippen molar-refractivity contribution in [2.45, 2.75) is 16.4 Å². The second-order valence-electron chi connectivity index (χ2n) is 3.21. The molecule has 0 aliphatic heterocycles. The summed E-state index contributed by atoms with van der Waals surface area (Å²) in [6.45, 7) is 0.0872. The Labute approximate surface area is 107 Å². The fourth-order valence-electron chi connectivity index (χ4n) is 1.24. The number of benzene rings is 1. The van der Waals surface area contributed by atoms with Crippen molar-refractivity contribution in [3.63, 3.8) is 0 Å². The number of nitrogens with zero attached hydrogens (tertiary/aromatic N) is 1. The first kappa shape index (κ1) is 11.6. The van der Waals surface area contributed by atoms with E-state index in [1.807, 2.05) is 30.3 Å². The largest absolute Gasteiger partial charge is 0.392 e. The van der Waals surface area contributed by atoms with Gasteiger partial charge in [0.15, 0.2) is 0 Å². The van der Waals surface area contributed by atoms with E-state index in [1.54, 1.807) is 24.2 Å². The predicted octanol–water partition coefficient (Wildman–Crippen LogP) is 3.49. The number of pyridine rings is 1. The van der Waals surface area contributed by atoms with Crippen LogP contribution in [0.3, 0.4) is 0 Å². The third kappa shape index (κ3) is 2.84. The van der Waals surface area contributed by atoms with Gasteiger partial charge < -0.3 is 5.11 Å². The van der Waals surface area contributed by atoms with E-state index < -0.39 is 0 Å². The van der Waals surface area contributed by atoms with Crippen LogP contribution in [0.4, 0.5) is 0 Å². The Hall–Kier alpha value is -0.840. The number of hydrogen-bond acceptors (Lipinski definition) is 3. The zero-order chi connectivity index (χ0) is 11.4. The normalized spacial score (nSPS) is 10.4. The first-order valence-corrected chi connectivity index (χ1v) is 6.37. The Morgan fingerprint density at radius 3 is 2.56 bits per heavy atom. The molecule has 0 amide bonds. The molecule has 2 rings (SSSR count). The molecule has 0 aliphatic carbocycles. The van der Waals surface area contributed by atoms with Crippen molar-refractivity contribution in [1.82, 2.24) is 4.98 Å². The van der Waals surface area contributed by atoms with Crippen LogP contribution in [0.5, 0.6) is 0 Å². The molecule has 1 heterocycles. The van der Waals surface area contributed by atoms with Crippen LogP contribution in [0, 0.1) is 0 Å². The third-order valence-corrected chi connectivity index (χ3v) is 4.05. The highest BCUT2D eigenvalue weighted by atomic mass is 79.9. The number of aromatic nitrogens is 1. The van der Waals surface area contributed by atoms with E-state index >= 15 is 0 Å². The lowest BCUT2D eigenvalue weighted by Crippen LogP contribution is -1.82. The summed E-state index contributed by atoms with van der Waals surface area (Å²) in [6.07, 6.45) is 3.56. The van der Waals surface area contributed by atoms with Gasteiger partial charge in [-0.1, -0.05) is 23.9 Å². The molecule has 0 bridgehead atoms. The van der Waals surface area contributed by atoms with Crippen molar-refractivity contribution in [1.29, 1.82) is 0 Å². The van der Waals surface area contributed by atoms with E-state index in [4.69, 9.17) is 5.11 Å². The Kier molecular flexibility index (Phi) is 3.98. The molecule has 16 heavy (non-hydrogen) atoms. The van der Waals surface area contributed by atoms with Crippen LogP contribution in [-0.2, 0) is 6.61 Å². The summed E-state index contributed by atoms with van der Waals surface area (Å²) >= 11 is 5.12. The van der Waals surface area contributed by atoms with Crippen molar-refractivity contribution >= 4 is 27.7 Å². The van der Waals surface area contributed by atoms with E-state index in [9.17, 15) is 0 Å². The minimum atomic E-state index is 0.0872. The number of halogens is 1. The maximum absolute atomic E-state index is 8.94. The van der Waals surface area contributed by atoms with Gasteiger partial charge in [0.05, 0.1) is 6.61 Å². The van der Waals surface area contributed by atoms with Gasteiger partial charge in [0.2, 0.25) is 0 Å². The molecule has 2 nitrogen and oxygen atoms in total. The molecule has 0 saturated heterocycles. The topological polar surface area (TPSA) is 33.1 Å². The van der Waals surface area contributed by atoms with Gasteiger partial charge in [-0.05, 0) is 39.7 Å². The highest BCUT2D eigenvalue weighted by molar-refractivity contribution is 9.10. The first-order valence-electron chi connectivity index (χ1n) is 4.77. The lowest BCUT2D eigenvalue weighted by atomic mass is 10.2. The second-order valence-corrected chi connectivity index (χ2v) is 5.18. The molecule has 0 radical (unpaired) electrons. The van der Waals surface area contributed by atoms with Gasteiger partial charge in [-0.15, -0.1) is 0 Å². The summed E-state index contributed by atoms with van der Waals surface area (Å²) in [5.41, 5.74) is 0.929.